The third-order valence-corrected chi connectivity index (χ3v) is 8.54. The first-order valence-corrected chi connectivity index (χ1v) is 18.0. The third-order valence-electron chi connectivity index (χ3n) is 8.54. The molecule has 0 aliphatic carbocycles. The summed E-state index contributed by atoms with van der Waals surface area (Å²) in [6.45, 7) is 7.25. The molecule has 0 bridgehead atoms. The second-order valence-corrected chi connectivity index (χ2v) is 12.6. The maximum atomic E-state index is 2.59. The zero-order valence-electron chi connectivity index (χ0n) is 26.8. The lowest BCUT2D eigenvalue weighted by Crippen LogP contribution is -2.20. The predicted octanol–water partition coefficient (Wildman–Crippen LogP) is 13.1. The largest absolute Gasteiger partial charge is 0.306 e. The molecule has 0 unspecified atom stereocenters. The van der Waals surface area contributed by atoms with E-state index in [1.807, 2.05) is 0 Å². The summed E-state index contributed by atoms with van der Waals surface area (Å²) in [5.41, 5.74) is 0. The molecule has 0 aromatic heterocycles. The molecular formula is C36H75N. The maximum absolute atomic E-state index is 2.59. The van der Waals surface area contributed by atoms with Crippen LogP contribution in [0.25, 0.3) is 0 Å². The van der Waals surface area contributed by atoms with Crippen LogP contribution in [0.5, 0.6) is 0 Å². The second-order valence-electron chi connectivity index (χ2n) is 12.6. The van der Waals surface area contributed by atoms with Crippen molar-refractivity contribution in [2.24, 2.45) is 0 Å². The Morgan fingerprint density at radius 2 is 0.405 bits per heavy atom. The van der Waals surface area contributed by atoms with Gasteiger partial charge in [0.1, 0.15) is 0 Å². The quantitative estimate of drug-likeness (QED) is 0.0776. The predicted molar refractivity (Wildman–Crippen MR) is 172 cm³/mol. The van der Waals surface area contributed by atoms with Crippen LogP contribution in [0.1, 0.15) is 213 Å². The Kier molecular flexibility index (Phi) is 34.0. The van der Waals surface area contributed by atoms with E-state index in [0.717, 1.165) is 0 Å². The molecule has 0 aliphatic heterocycles. The van der Waals surface area contributed by atoms with Gasteiger partial charge in [-0.2, -0.15) is 0 Å². The van der Waals surface area contributed by atoms with Gasteiger partial charge in [-0.1, -0.05) is 200 Å². The fourth-order valence-electron chi connectivity index (χ4n) is 5.79. The fraction of sp³-hybridized carbons (Fsp3) is 1.00. The SMILES string of the molecule is CCCCCCCCCCCCCCCCCCN(C)CCCCCCCCCCCCCCCCC. The van der Waals surface area contributed by atoms with Crippen molar-refractivity contribution in [1.82, 2.24) is 4.90 Å². The van der Waals surface area contributed by atoms with E-state index in [1.165, 1.54) is 212 Å². The molecule has 0 aromatic carbocycles. The molecule has 0 saturated carbocycles. The summed E-state index contributed by atoms with van der Waals surface area (Å²) in [6, 6.07) is 0. The van der Waals surface area contributed by atoms with E-state index in [2.05, 4.69) is 25.8 Å². The average Bonchev–Trinajstić information content (AvgIpc) is 2.90. The molecule has 0 spiro atoms. The van der Waals surface area contributed by atoms with Crippen molar-refractivity contribution in [2.75, 3.05) is 20.1 Å². The fourth-order valence-corrected chi connectivity index (χ4v) is 5.79. The van der Waals surface area contributed by atoms with E-state index in [4.69, 9.17) is 0 Å². The van der Waals surface area contributed by atoms with Crippen molar-refractivity contribution in [2.45, 2.75) is 213 Å². The lowest BCUT2D eigenvalue weighted by molar-refractivity contribution is 0.314. The molecule has 0 heterocycles. The normalized spacial score (nSPS) is 11.7. The van der Waals surface area contributed by atoms with Gasteiger partial charge in [0.15, 0.2) is 0 Å². The van der Waals surface area contributed by atoms with Crippen LogP contribution in [0.4, 0.5) is 0 Å². The molecule has 0 aliphatic rings. The minimum atomic E-state index is 1.32. The molecule has 0 saturated heterocycles. The topological polar surface area (TPSA) is 3.24 Å². The average molecular weight is 522 g/mol. The van der Waals surface area contributed by atoms with E-state index >= 15 is 0 Å². The summed E-state index contributed by atoms with van der Waals surface area (Å²) in [5, 5.41) is 0. The first-order chi connectivity index (χ1) is 18.3. The van der Waals surface area contributed by atoms with Gasteiger partial charge < -0.3 is 4.90 Å². The van der Waals surface area contributed by atoms with Gasteiger partial charge in [-0.3, -0.25) is 0 Å². The summed E-state index contributed by atoms with van der Waals surface area (Å²) in [4.78, 5) is 2.59. The first kappa shape index (κ1) is 37.0. The Labute approximate surface area is 237 Å². The van der Waals surface area contributed by atoms with Gasteiger partial charge in [0, 0.05) is 0 Å². The molecule has 0 N–H and O–H groups in total. The Bertz CT molecular complexity index is 379. The van der Waals surface area contributed by atoms with Gasteiger partial charge in [0.25, 0.3) is 0 Å². The Balaban J connectivity index is 3.13. The van der Waals surface area contributed by atoms with E-state index in [1.54, 1.807) is 0 Å². The lowest BCUT2D eigenvalue weighted by Gasteiger charge is -2.16. The third kappa shape index (κ3) is 33.9. The van der Waals surface area contributed by atoms with Gasteiger partial charge in [0.2, 0.25) is 0 Å². The maximum Gasteiger partial charge on any atom is -0.00218 e. The highest BCUT2D eigenvalue weighted by Crippen LogP contribution is 2.15. The number of rotatable bonds is 33. The second kappa shape index (κ2) is 34.0. The molecule has 0 rings (SSSR count). The number of hydrogen-bond acceptors (Lipinski definition) is 1. The number of unbranched alkanes of at least 4 members (excludes halogenated alkanes) is 29. The van der Waals surface area contributed by atoms with E-state index < -0.39 is 0 Å². The zero-order valence-corrected chi connectivity index (χ0v) is 26.8. The summed E-state index contributed by atoms with van der Waals surface area (Å²) < 4.78 is 0. The van der Waals surface area contributed by atoms with Crippen LogP contribution in [-0.4, -0.2) is 25.0 Å². The van der Waals surface area contributed by atoms with Gasteiger partial charge in [-0.15, -0.1) is 0 Å². The number of hydrogen-bond donors (Lipinski definition) is 0. The highest BCUT2D eigenvalue weighted by molar-refractivity contribution is 4.55. The van der Waals surface area contributed by atoms with Gasteiger partial charge in [0.05, 0.1) is 0 Å². The van der Waals surface area contributed by atoms with Crippen LogP contribution >= 0.6 is 0 Å². The van der Waals surface area contributed by atoms with E-state index in [9.17, 15) is 0 Å². The highest BCUT2D eigenvalue weighted by Gasteiger charge is 2.00. The Morgan fingerprint density at radius 3 is 0.595 bits per heavy atom. The molecule has 1 heteroatoms. The van der Waals surface area contributed by atoms with Crippen LogP contribution in [0, 0.1) is 0 Å². The van der Waals surface area contributed by atoms with Gasteiger partial charge in [-0.05, 0) is 33.0 Å². The molecule has 0 amide bonds. The van der Waals surface area contributed by atoms with Crippen LogP contribution in [0.2, 0.25) is 0 Å². The Morgan fingerprint density at radius 1 is 0.243 bits per heavy atom. The summed E-state index contributed by atoms with van der Waals surface area (Å²) in [5.74, 6) is 0. The zero-order chi connectivity index (χ0) is 26.9. The minimum absolute atomic E-state index is 1.32. The van der Waals surface area contributed by atoms with Gasteiger partial charge in [-0.25, -0.2) is 0 Å². The number of nitrogens with zero attached hydrogens (tertiary/aromatic N) is 1. The molecule has 0 radical (unpaired) electrons. The standard InChI is InChI=1S/C36H75N/c1-4-6-8-10-12-14-16-18-20-22-24-26-28-30-32-34-36-37(3)35-33-31-29-27-25-23-21-19-17-15-13-11-9-7-5-2/h4-36H2,1-3H3. The molecule has 0 aromatic rings. The molecular weight excluding hydrogens is 446 g/mol. The molecule has 224 valence electrons. The molecule has 0 atom stereocenters. The van der Waals surface area contributed by atoms with Crippen molar-refractivity contribution >= 4 is 0 Å². The van der Waals surface area contributed by atoms with Crippen molar-refractivity contribution in [3.63, 3.8) is 0 Å². The summed E-state index contributed by atoms with van der Waals surface area (Å²) in [7, 11) is 2.34. The first-order valence-electron chi connectivity index (χ1n) is 18.0. The molecule has 1 nitrogen and oxygen atoms in total. The van der Waals surface area contributed by atoms with Crippen LogP contribution < -0.4 is 0 Å². The lowest BCUT2D eigenvalue weighted by atomic mass is 10.0. The monoisotopic (exact) mass is 522 g/mol. The van der Waals surface area contributed by atoms with Crippen LogP contribution in [0.15, 0.2) is 0 Å². The molecule has 0 fully saturated rings. The van der Waals surface area contributed by atoms with Crippen molar-refractivity contribution in [3.05, 3.63) is 0 Å². The van der Waals surface area contributed by atoms with E-state index in [-0.39, 0.29) is 0 Å². The van der Waals surface area contributed by atoms with E-state index in [0.29, 0.717) is 0 Å². The molecule has 37 heavy (non-hydrogen) atoms. The van der Waals surface area contributed by atoms with Gasteiger partial charge >= 0.3 is 0 Å². The van der Waals surface area contributed by atoms with Crippen LogP contribution in [0.3, 0.4) is 0 Å². The van der Waals surface area contributed by atoms with Crippen LogP contribution in [-0.2, 0) is 0 Å². The summed E-state index contributed by atoms with van der Waals surface area (Å²) >= 11 is 0. The van der Waals surface area contributed by atoms with Crippen molar-refractivity contribution < 1.29 is 0 Å². The summed E-state index contributed by atoms with van der Waals surface area (Å²) in [6.07, 6.45) is 45.3. The minimum Gasteiger partial charge on any atom is -0.306 e. The smallest absolute Gasteiger partial charge is 0.00218 e. The Hall–Kier alpha value is -0.0400. The van der Waals surface area contributed by atoms with Crippen molar-refractivity contribution in [3.8, 4) is 0 Å². The van der Waals surface area contributed by atoms with Crippen molar-refractivity contribution in [1.29, 1.82) is 0 Å². The highest BCUT2D eigenvalue weighted by atomic mass is 15.1.